The van der Waals surface area contributed by atoms with Crippen LogP contribution in [0.15, 0.2) is 53.1 Å². The van der Waals surface area contributed by atoms with Crippen molar-refractivity contribution >= 4 is 35.4 Å². The van der Waals surface area contributed by atoms with E-state index in [1.165, 1.54) is 18.9 Å². The smallest absolute Gasteiger partial charge is 0.305 e. The lowest BCUT2D eigenvalue weighted by atomic mass is 10.1. The first-order chi connectivity index (χ1) is 13.3. The molecular formula is C20H21N3O4S. The summed E-state index contributed by atoms with van der Waals surface area (Å²) >= 11 is 1.41. The number of esters is 1. The van der Waals surface area contributed by atoms with Crippen LogP contribution in [0.5, 0.6) is 0 Å². The molecule has 3 rings (SSSR count). The van der Waals surface area contributed by atoms with Crippen molar-refractivity contribution in [3.63, 3.8) is 0 Å². The van der Waals surface area contributed by atoms with Crippen LogP contribution in [0, 0.1) is 6.92 Å². The number of carbonyl (C=O) groups excluding carboxylic acids is 2. The molecule has 2 aromatic rings. The molecule has 2 heterocycles. The summed E-state index contributed by atoms with van der Waals surface area (Å²) in [6.07, 6.45) is -0.850. The van der Waals surface area contributed by atoms with Gasteiger partial charge in [-0.2, -0.15) is 0 Å². The fraction of sp³-hybridized carbons (Fsp3) is 0.250. The summed E-state index contributed by atoms with van der Waals surface area (Å²) < 4.78 is 12.7. The van der Waals surface area contributed by atoms with E-state index in [9.17, 15) is 9.59 Å². The Morgan fingerprint density at radius 3 is 2.64 bits per heavy atom. The third kappa shape index (κ3) is 4.45. The third-order valence-corrected chi connectivity index (χ3v) is 4.87. The van der Waals surface area contributed by atoms with Crippen molar-refractivity contribution in [1.29, 1.82) is 0 Å². The van der Waals surface area contributed by atoms with E-state index in [0.29, 0.717) is 17.3 Å². The minimum absolute atomic E-state index is 0.311. The first-order valence-electron chi connectivity index (χ1n) is 8.69. The highest BCUT2D eigenvalue weighted by molar-refractivity contribution is 7.97. The van der Waals surface area contributed by atoms with E-state index in [1.54, 1.807) is 24.3 Å². The maximum atomic E-state index is 13.1. The topological polar surface area (TPSA) is 80.8 Å². The van der Waals surface area contributed by atoms with Crippen LogP contribution < -0.4 is 5.32 Å². The third-order valence-electron chi connectivity index (χ3n) is 3.86. The highest BCUT2D eigenvalue weighted by Gasteiger charge is 2.31. The van der Waals surface area contributed by atoms with Crippen molar-refractivity contribution in [1.82, 2.24) is 9.29 Å². The molecular weight excluding hydrogens is 378 g/mol. The number of nitrogens with zero attached hydrogens (tertiary/aromatic N) is 2. The largest absolute Gasteiger partial charge is 0.452 e. The standard InChI is InChI=1S/C20H21N3O4S/c1-12-8-7-11-17(21-12)22-20(25)18-19(27-14(3)26-13(2)24)15-9-5-6-10-16(15)28-23(18)4/h5-11,14H,1-4H3,(H,21,22,25). The Kier molecular flexibility index (Phi) is 5.89. The fourth-order valence-corrected chi connectivity index (χ4v) is 3.73. The zero-order chi connectivity index (χ0) is 20.3. The molecule has 1 atom stereocenters. The summed E-state index contributed by atoms with van der Waals surface area (Å²) in [5.41, 5.74) is 1.86. The first-order valence-corrected chi connectivity index (χ1v) is 9.46. The number of likely N-dealkylation sites (N-methyl/N-ethyl adjacent to an activating group) is 1. The van der Waals surface area contributed by atoms with Gasteiger partial charge in [-0.15, -0.1) is 0 Å². The minimum Gasteiger partial charge on any atom is -0.452 e. The zero-order valence-electron chi connectivity index (χ0n) is 16.1. The molecule has 0 spiro atoms. The Balaban J connectivity index is 2.00. The average molecular weight is 399 g/mol. The average Bonchev–Trinajstić information content (AvgIpc) is 2.60. The number of ether oxygens (including phenoxy) is 2. The number of anilines is 1. The van der Waals surface area contributed by atoms with Gasteiger partial charge in [0.2, 0.25) is 6.29 Å². The van der Waals surface area contributed by atoms with E-state index >= 15 is 0 Å². The predicted molar refractivity (Wildman–Crippen MR) is 107 cm³/mol. The van der Waals surface area contributed by atoms with Crippen LogP contribution in [0.3, 0.4) is 0 Å². The lowest BCUT2D eigenvalue weighted by Gasteiger charge is -2.30. The van der Waals surface area contributed by atoms with Gasteiger partial charge in [0.1, 0.15) is 5.82 Å². The van der Waals surface area contributed by atoms with Crippen LogP contribution >= 0.6 is 11.9 Å². The molecule has 1 aliphatic heterocycles. The molecule has 1 N–H and O–H groups in total. The van der Waals surface area contributed by atoms with Crippen LogP contribution in [0.25, 0.3) is 5.76 Å². The molecule has 8 heteroatoms. The molecule has 0 saturated carbocycles. The quantitative estimate of drug-likeness (QED) is 0.468. The number of fused-ring (bicyclic) bond motifs is 1. The number of hydrogen-bond donors (Lipinski definition) is 1. The number of amides is 1. The van der Waals surface area contributed by atoms with Gasteiger partial charge < -0.3 is 19.1 Å². The van der Waals surface area contributed by atoms with Gasteiger partial charge in [0.15, 0.2) is 11.5 Å². The fourth-order valence-electron chi connectivity index (χ4n) is 2.77. The molecule has 1 amide bonds. The van der Waals surface area contributed by atoms with Gasteiger partial charge in [0.25, 0.3) is 5.91 Å². The van der Waals surface area contributed by atoms with Crippen LogP contribution in [0.2, 0.25) is 0 Å². The Labute approximate surface area is 167 Å². The van der Waals surface area contributed by atoms with E-state index in [2.05, 4.69) is 10.3 Å². The van der Waals surface area contributed by atoms with E-state index in [4.69, 9.17) is 9.47 Å². The van der Waals surface area contributed by atoms with Gasteiger partial charge in [0, 0.05) is 37.0 Å². The second-order valence-electron chi connectivity index (χ2n) is 6.18. The summed E-state index contributed by atoms with van der Waals surface area (Å²) in [5, 5.41) is 2.81. The predicted octanol–water partition coefficient (Wildman–Crippen LogP) is 3.58. The lowest BCUT2D eigenvalue weighted by Crippen LogP contribution is -2.29. The Hall–Kier alpha value is -3.00. The number of aryl methyl sites for hydroxylation is 1. The molecule has 1 aromatic carbocycles. The van der Waals surface area contributed by atoms with E-state index in [-0.39, 0.29) is 5.91 Å². The summed E-state index contributed by atoms with van der Waals surface area (Å²) in [6, 6.07) is 13.0. The van der Waals surface area contributed by atoms with Gasteiger partial charge >= 0.3 is 5.97 Å². The van der Waals surface area contributed by atoms with E-state index in [1.807, 2.05) is 43.3 Å². The van der Waals surface area contributed by atoms with E-state index < -0.39 is 12.3 Å². The molecule has 0 bridgehead atoms. The van der Waals surface area contributed by atoms with Crippen LogP contribution in [-0.4, -0.2) is 34.5 Å². The number of rotatable bonds is 5. The SMILES string of the molecule is CC(=O)OC(C)OC1=C(C(=O)Nc2cccc(C)n2)N(C)Sc2ccccc21. The zero-order valence-corrected chi connectivity index (χ0v) is 16.9. The number of aromatic nitrogens is 1. The molecule has 0 radical (unpaired) electrons. The molecule has 7 nitrogen and oxygen atoms in total. The maximum Gasteiger partial charge on any atom is 0.305 e. The molecule has 1 aromatic heterocycles. The molecule has 0 fully saturated rings. The summed E-state index contributed by atoms with van der Waals surface area (Å²) in [7, 11) is 1.78. The van der Waals surface area contributed by atoms with Gasteiger partial charge in [-0.1, -0.05) is 18.2 Å². The second kappa shape index (κ2) is 8.35. The number of hydrogen-bond acceptors (Lipinski definition) is 7. The minimum atomic E-state index is -0.850. The highest BCUT2D eigenvalue weighted by Crippen LogP contribution is 2.41. The first kappa shape index (κ1) is 19.8. The molecule has 0 aliphatic carbocycles. The van der Waals surface area contributed by atoms with E-state index in [0.717, 1.165) is 16.2 Å². The van der Waals surface area contributed by atoms with Gasteiger partial charge in [-0.05, 0) is 43.1 Å². The van der Waals surface area contributed by atoms with Crippen molar-refractivity contribution < 1.29 is 19.1 Å². The van der Waals surface area contributed by atoms with Gasteiger partial charge in [-0.25, -0.2) is 4.98 Å². The highest BCUT2D eigenvalue weighted by atomic mass is 32.2. The van der Waals surface area contributed by atoms with Crippen molar-refractivity contribution in [3.05, 3.63) is 59.4 Å². The second-order valence-corrected chi connectivity index (χ2v) is 7.35. The summed E-state index contributed by atoms with van der Waals surface area (Å²) in [5.74, 6) is -0.0413. The number of pyridine rings is 1. The number of benzene rings is 1. The van der Waals surface area contributed by atoms with Crippen LogP contribution in [0.1, 0.15) is 25.1 Å². The molecule has 0 saturated heterocycles. The van der Waals surface area contributed by atoms with Crippen molar-refractivity contribution in [2.45, 2.75) is 32.0 Å². The van der Waals surface area contributed by atoms with Gasteiger partial charge in [-0.3, -0.25) is 9.59 Å². The molecule has 1 aliphatic rings. The normalized spacial score (nSPS) is 14.2. The van der Waals surface area contributed by atoms with Crippen LogP contribution in [-0.2, 0) is 19.1 Å². The molecule has 1 unspecified atom stereocenters. The summed E-state index contributed by atoms with van der Waals surface area (Å²) in [6.45, 7) is 4.77. The Bertz CT molecular complexity index is 945. The number of nitrogens with one attached hydrogen (secondary N) is 1. The Morgan fingerprint density at radius 2 is 1.93 bits per heavy atom. The lowest BCUT2D eigenvalue weighted by molar-refractivity contribution is -0.161. The molecule has 28 heavy (non-hydrogen) atoms. The van der Waals surface area contributed by atoms with Crippen molar-refractivity contribution in [2.75, 3.05) is 12.4 Å². The maximum absolute atomic E-state index is 13.1. The van der Waals surface area contributed by atoms with Crippen molar-refractivity contribution in [2.24, 2.45) is 0 Å². The van der Waals surface area contributed by atoms with Crippen LogP contribution in [0.4, 0.5) is 5.82 Å². The molecule has 146 valence electrons. The summed E-state index contributed by atoms with van der Waals surface area (Å²) in [4.78, 5) is 29.6. The van der Waals surface area contributed by atoms with Crippen molar-refractivity contribution in [3.8, 4) is 0 Å². The number of carbonyl (C=O) groups is 2. The Morgan fingerprint density at radius 1 is 1.18 bits per heavy atom. The monoisotopic (exact) mass is 399 g/mol. The van der Waals surface area contributed by atoms with Gasteiger partial charge in [0.05, 0.1) is 0 Å².